The third kappa shape index (κ3) is 7.23. The lowest BCUT2D eigenvalue weighted by Crippen LogP contribution is -2.28. The Morgan fingerprint density at radius 3 is 3.00 bits per heavy atom. The topological polar surface area (TPSA) is 62.4 Å². The van der Waals surface area contributed by atoms with Gasteiger partial charge in [0.05, 0.1) is 0 Å². The van der Waals surface area contributed by atoms with Crippen molar-refractivity contribution < 1.29 is 0 Å². The predicted molar refractivity (Wildman–Crippen MR) is 38.7 cm³/mol. The van der Waals surface area contributed by atoms with Gasteiger partial charge in [-0.15, -0.1) is 0 Å². The van der Waals surface area contributed by atoms with E-state index < -0.39 is 0 Å². The second kappa shape index (κ2) is 7.23. The molecule has 9 heavy (non-hydrogen) atoms. The standard InChI is InChI=1S/C5H14N4/c1-2-3-4-7-9-8-5-6/h5,7,9H,2-4H2,1H3,(H2,6,8). The van der Waals surface area contributed by atoms with Crippen LogP contribution >= 0.6 is 0 Å². The third-order valence-electron chi connectivity index (χ3n) is 0.873. The van der Waals surface area contributed by atoms with E-state index in [1.165, 1.54) is 12.8 Å². The minimum atomic E-state index is 0.924. The second-order valence-electron chi connectivity index (χ2n) is 1.67. The molecule has 4 nitrogen and oxygen atoms in total. The maximum Gasteiger partial charge on any atom is 0.107 e. The van der Waals surface area contributed by atoms with E-state index >= 15 is 0 Å². The average Bonchev–Trinajstić information content (AvgIpc) is 1.89. The summed E-state index contributed by atoms with van der Waals surface area (Å²) in [5.41, 5.74) is 10.4. The van der Waals surface area contributed by atoms with Crippen molar-refractivity contribution in [3.63, 3.8) is 0 Å². The first-order valence-corrected chi connectivity index (χ1v) is 3.13. The number of nitrogens with one attached hydrogen (secondary N) is 2. The van der Waals surface area contributed by atoms with Crippen LogP contribution in [0.1, 0.15) is 19.8 Å². The largest absolute Gasteiger partial charge is 0.388 e. The van der Waals surface area contributed by atoms with Gasteiger partial charge in [0, 0.05) is 6.54 Å². The molecule has 0 aromatic carbocycles. The van der Waals surface area contributed by atoms with E-state index in [1.54, 1.807) is 0 Å². The van der Waals surface area contributed by atoms with Gasteiger partial charge >= 0.3 is 0 Å². The summed E-state index contributed by atoms with van der Waals surface area (Å²) in [6, 6.07) is 0. The van der Waals surface area contributed by atoms with Gasteiger partial charge in [-0.25, -0.2) is 11.0 Å². The zero-order valence-corrected chi connectivity index (χ0v) is 5.72. The molecule has 0 aliphatic heterocycles. The molecule has 0 bridgehead atoms. The van der Waals surface area contributed by atoms with Gasteiger partial charge in [-0.3, -0.25) is 0 Å². The summed E-state index contributed by atoms with van der Waals surface area (Å²) in [6.45, 7) is 3.06. The van der Waals surface area contributed by atoms with E-state index in [0.717, 1.165) is 13.0 Å². The summed E-state index contributed by atoms with van der Waals surface area (Å²) >= 11 is 0. The highest BCUT2D eigenvalue weighted by Crippen LogP contribution is 1.79. The van der Waals surface area contributed by atoms with E-state index in [2.05, 4.69) is 23.0 Å². The molecule has 0 fully saturated rings. The molecule has 0 amide bonds. The molecule has 0 aromatic heterocycles. The lowest BCUT2D eigenvalue weighted by atomic mass is 10.3. The fourth-order valence-corrected chi connectivity index (χ4v) is 0.404. The lowest BCUT2D eigenvalue weighted by Gasteiger charge is -1.99. The van der Waals surface area contributed by atoms with Crippen molar-refractivity contribution in [1.29, 1.82) is 0 Å². The van der Waals surface area contributed by atoms with E-state index in [4.69, 9.17) is 5.73 Å². The first-order chi connectivity index (χ1) is 4.41. The Bertz CT molecular complexity index is 71.4. The molecular formula is C5H14N4. The van der Waals surface area contributed by atoms with E-state index in [0.29, 0.717) is 0 Å². The van der Waals surface area contributed by atoms with Gasteiger partial charge < -0.3 is 5.73 Å². The summed E-state index contributed by atoms with van der Waals surface area (Å²) in [5, 5.41) is 3.54. The maximum absolute atomic E-state index is 4.95. The van der Waals surface area contributed by atoms with Crippen LogP contribution in [0.5, 0.6) is 0 Å². The summed E-state index contributed by atoms with van der Waals surface area (Å²) < 4.78 is 0. The van der Waals surface area contributed by atoms with Crippen molar-refractivity contribution in [1.82, 2.24) is 11.0 Å². The Labute approximate surface area is 55.5 Å². The van der Waals surface area contributed by atoms with Gasteiger partial charge in [-0.2, -0.15) is 5.10 Å². The fraction of sp³-hybridized carbons (Fsp3) is 0.800. The van der Waals surface area contributed by atoms with E-state index in [9.17, 15) is 0 Å². The molecule has 4 heteroatoms. The highest BCUT2D eigenvalue weighted by molar-refractivity contribution is 5.50. The molecule has 0 unspecified atom stereocenters. The van der Waals surface area contributed by atoms with Crippen molar-refractivity contribution in [2.24, 2.45) is 10.8 Å². The van der Waals surface area contributed by atoms with Crippen molar-refractivity contribution in [2.45, 2.75) is 19.8 Å². The fourth-order valence-electron chi connectivity index (χ4n) is 0.404. The van der Waals surface area contributed by atoms with Crippen LogP contribution in [0.25, 0.3) is 0 Å². The molecule has 0 saturated carbocycles. The minimum absolute atomic E-state index is 0.924. The highest BCUT2D eigenvalue weighted by Gasteiger charge is 1.78. The number of nitrogens with zero attached hydrogens (tertiary/aromatic N) is 1. The normalized spacial score (nSPS) is 10.3. The van der Waals surface area contributed by atoms with Gasteiger partial charge in [0.1, 0.15) is 6.34 Å². The Kier molecular flexibility index (Phi) is 6.61. The molecule has 0 saturated heterocycles. The molecule has 0 spiro atoms. The molecule has 0 aliphatic rings. The van der Waals surface area contributed by atoms with Gasteiger partial charge in [0.15, 0.2) is 0 Å². The summed E-state index contributed by atoms with van der Waals surface area (Å²) in [4.78, 5) is 0. The highest BCUT2D eigenvalue weighted by atomic mass is 15.6. The van der Waals surface area contributed by atoms with Gasteiger partial charge in [0.25, 0.3) is 0 Å². The van der Waals surface area contributed by atoms with E-state index in [1.807, 2.05) is 0 Å². The van der Waals surface area contributed by atoms with Crippen LogP contribution in [0, 0.1) is 0 Å². The molecular weight excluding hydrogens is 116 g/mol. The summed E-state index contributed by atoms with van der Waals surface area (Å²) in [5.74, 6) is 0. The minimum Gasteiger partial charge on any atom is -0.388 e. The number of hydrogen-bond donors (Lipinski definition) is 3. The van der Waals surface area contributed by atoms with E-state index in [-0.39, 0.29) is 0 Å². The second-order valence-corrected chi connectivity index (χ2v) is 1.67. The molecule has 0 rings (SSSR count). The van der Waals surface area contributed by atoms with Crippen molar-refractivity contribution in [2.75, 3.05) is 6.54 Å². The number of unbranched alkanes of at least 4 members (excludes halogenated alkanes) is 1. The molecule has 0 radical (unpaired) electrons. The maximum atomic E-state index is 4.95. The van der Waals surface area contributed by atoms with Crippen LogP contribution in [0.15, 0.2) is 5.10 Å². The first kappa shape index (κ1) is 8.23. The van der Waals surface area contributed by atoms with Gasteiger partial charge in [0.2, 0.25) is 0 Å². The molecule has 0 atom stereocenters. The number of rotatable bonds is 5. The summed E-state index contributed by atoms with van der Waals surface area (Å²) in [6.07, 6.45) is 3.53. The number of hydrazine groups is 1. The molecule has 4 N–H and O–H groups in total. The number of hydrazone groups is 1. The predicted octanol–water partition coefficient (Wildman–Crippen LogP) is -0.217. The van der Waals surface area contributed by atoms with Crippen LogP contribution in [-0.4, -0.2) is 12.9 Å². The molecule has 0 heterocycles. The van der Waals surface area contributed by atoms with Gasteiger partial charge in [-0.1, -0.05) is 13.3 Å². The third-order valence-corrected chi connectivity index (χ3v) is 0.873. The van der Waals surface area contributed by atoms with Gasteiger partial charge in [-0.05, 0) is 6.42 Å². The van der Waals surface area contributed by atoms with Crippen LogP contribution in [0.3, 0.4) is 0 Å². The van der Waals surface area contributed by atoms with Crippen LogP contribution in [0.4, 0.5) is 0 Å². The summed E-state index contributed by atoms with van der Waals surface area (Å²) in [7, 11) is 0. The molecule has 0 aromatic rings. The molecule has 0 aliphatic carbocycles. The smallest absolute Gasteiger partial charge is 0.107 e. The Hall–Kier alpha value is -0.770. The number of nitrogens with two attached hydrogens (primary N) is 1. The SMILES string of the molecule is CCCCNN/N=C\N. The first-order valence-electron chi connectivity index (χ1n) is 3.13. The van der Waals surface area contributed by atoms with Crippen molar-refractivity contribution in [3.05, 3.63) is 0 Å². The average molecular weight is 130 g/mol. The van der Waals surface area contributed by atoms with Crippen molar-refractivity contribution >= 4 is 6.34 Å². The van der Waals surface area contributed by atoms with Crippen LogP contribution in [-0.2, 0) is 0 Å². The zero-order chi connectivity index (χ0) is 6.95. The Morgan fingerprint density at radius 2 is 2.44 bits per heavy atom. The monoisotopic (exact) mass is 130 g/mol. The van der Waals surface area contributed by atoms with Crippen LogP contribution < -0.4 is 16.7 Å². The van der Waals surface area contributed by atoms with Crippen molar-refractivity contribution in [3.8, 4) is 0 Å². The molecule has 54 valence electrons. The zero-order valence-electron chi connectivity index (χ0n) is 5.72. The lowest BCUT2D eigenvalue weighted by molar-refractivity contribution is 0.539. The van der Waals surface area contributed by atoms with Crippen LogP contribution in [0.2, 0.25) is 0 Å². The Morgan fingerprint density at radius 1 is 1.67 bits per heavy atom. The Balaban J connectivity index is 2.75. The number of hydrogen-bond acceptors (Lipinski definition) is 3. The quantitative estimate of drug-likeness (QED) is 0.209.